The van der Waals surface area contributed by atoms with Gasteiger partial charge in [0.05, 0.1) is 0 Å². The lowest BCUT2D eigenvalue weighted by Crippen LogP contribution is -2.24. The van der Waals surface area contributed by atoms with Gasteiger partial charge < -0.3 is 5.73 Å². The first-order valence-electron chi connectivity index (χ1n) is 5.62. The van der Waals surface area contributed by atoms with E-state index in [4.69, 9.17) is 5.73 Å². The van der Waals surface area contributed by atoms with Gasteiger partial charge in [-0.25, -0.2) is 0 Å². The van der Waals surface area contributed by atoms with Crippen molar-refractivity contribution >= 4 is 5.69 Å². The van der Waals surface area contributed by atoms with Crippen LogP contribution >= 0.6 is 0 Å². The van der Waals surface area contributed by atoms with E-state index in [2.05, 4.69) is 29.2 Å². The zero-order valence-corrected chi connectivity index (χ0v) is 8.82. The topological polar surface area (TPSA) is 29.3 Å². The van der Waals surface area contributed by atoms with Crippen molar-refractivity contribution in [3.63, 3.8) is 0 Å². The summed E-state index contributed by atoms with van der Waals surface area (Å²) in [5, 5.41) is 0. The van der Waals surface area contributed by atoms with E-state index in [1.807, 2.05) is 6.07 Å². The number of anilines is 1. The molecule has 0 saturated heterocycles. The van der Waals surface area contributed by atoms with Gasteiger partial charge in [0, 0.05) is 24.8 Å². The second-order valence-corrected chi connectivity index (χ2v) is 4.44. The van der Waals surface area contributed by atoms with E-state index in [9.17, 15) is 0 Å². The molecule has 2 aliphatic rings. The molecule has 2 heteroatoms. The predicted octanol–water partition coefficient (Wildman–Crippen LogP) is 2.13. The number of hydrogen-bond acceptors (Lipinski definition) is 2. The molecule has 0 saturated carbocycles. The fourth-order valence-electron chi connectivity index (χ4n) is 2.74. The summed E-state index contributed by atoms with van der Waals surface area (Å²) in [6.45, 7) is 2.21. The average molecular weight is 200 g/mol. The molecule has 0 spiro atoms. The molecular formula is C13H16N2. The SMILES string of the molecule is Nc1ccc2c(c1)CCC2N1CC=CC1. The van der Waals surface area contributed by atoms with E-state index in [1.54, 1.807) is 0 Å². The molecule has 0 radical (unpaired) electrons. The molecule has 1 aliphatic heterocycles. The quantitative estimate of drug-likeness (QED) is 0.556. The molecule has 1 heterocycles. The number of nitrogens with two attached hydrogens (primary N) is 1. The molecule has 0 amide bonds. The van der Waals surface area contributed by atoms with Crippen LogP contribution in [0.25, 0.3) is 0 Å². The standard InChI is InChI=1S/C13H16N2/c14-11-4-5-12-10(9-11)3-6-13(12)15-7-1-2-8-15/h1-2,4-5,9,13H,3,6-8,14H2. The van der Waals surface area contributed by atoms with E-state index in [0.717, 1.165) is 18.8 Å². The highest BCUT2D eigenvalue weighted by Gasteiger charge is 2.27. The lowest BCUT2D eigenvalue weighted by Gasteiger charge is -2.24. The highest BCUT2D eigenvalue weighted by Crippen LogP contribution is 2.37. The third-order valence-corrected chi connectivity index (χ3v) is 3.50. The predicted molar refractivity (Wildman–Crippen MR) is 62.6 cm³/mol. The Morgan fingerprint density at radius 1 is 1.20 bits per heavy atom. The lowest BCUT2D eigenvalue weighted by molar-refractivity contribution is 0.256. The highest BCUT2D eigenvalue weighted by atomic mass is 15.2. The van der Waals surface area contributed by atoms with Crippen molar-refractivity contribution in [1.29, 1.82) is 0 Å². The van der Waals surface area contributed by atoms with E-state index < -0.39 is 0 Å². The summed E-state index contributed by atoms with van der Waals surface area (Å²) in [6, 6.07) is 7.00. The molecule has 0 fully saturated rings. The van der Waals surface area contributed by atoms with Crippen molar-refractivity contribution in [2.24, 2.45) is 0 Å². The van der Waals surface area contributed by atoms with E-state index >= 15 is 0 Å². The summed E-state index contributed by atoms with van der Waals surface area (Å²) in [7, 11) is 0. The van der Waals surface area contributed by atoms with Crippen molar-refractivity contribution in [2.45, 2.75) is 18.9 Å². The first-order valence-corrected chi connectivity index (χ1v) is 5.62. The number of aryl methyl sites for hydroxylation is 1. The van der Waals surface area contributed by atoms with Crippen LogP contribution in [0.3, 0.4) is 0 Å². The Morgan fingerprint density at radius 2 is 2.00 bits per heavy atom. The van der Waals surface area contributed by atoms with E-state index in [1.165, 1.54) is 24.0 Å². The van der Waals surface area contributed by atoms with Gasteiger partial charge >= 0.3 is 0 Å². The second kappa shape index (κ2) is 3.38. The molecule has 1 aromatic rings. The molecule has 2 nitrogen and oxygen atoms in total. The van der Waals surface area contributed by atoms with Gasteiger partial charge in [-0.1, -0.05) is 18.2 Å². The Balaban J connectivity index is 1.91. The third-order valence-electron chi connectivity index (χ3n) is 3.50. The maximum Gasteiger partial charge on any atom is 0.0360 e. The van der Waals surface area contributed by atoms with E-state index in [0.29, 0.717) is 6.04 Å². The van der Waals surface area contributed by atoms with Gasteiger partial charge in [-0.15, -0.1) is 0 Å². The molecular weight excluding hydrogens is 184 g/mol. The number of nitrogen functional groups attached to an aromatic ring is 1. The molecule has 0 aromatic heterocycles. The van der Waals surface area contributed by atoms with Gasteiger partial charge in [0.25, 0.3) is 0 Å². The molecule has 3 rings (SSSR count). The number of fused-ring (bicyclic) bond motifs is 1. The average Bonchev–Trinajstić information content (AvgIpc) is 2.82. The maximum absolute atomic E-state index is 5.80. The summed E-state index contributed by atoms with van der Waals surface area (Å²) in [4.78, 5) is 2.53. The molecule has 1 aliphatic carbocycles. The van der Waals surface area contributed by atoms with Crippen LogP contribution in [0.2, 0.25) is 0 Å². The fraction of sp³-hybridized carbons (Fsp3) is 0.385. The van der Waals surface area contributed by atoms with E-state index in [-0.39, 0.29) is 0 Å². The van der Waals surface area contributed by atoms with Crippen molar-refractivity contribution in [2.75, 3.05) is 18.8 Å². The zero-order valence-electron chi connectivity index (χ0n) is 8.82. The number of rotatable bonds is 1. The van der Waals surface area contributed by atoms with Crippen LogP contribution in [-0.4, -0.2) is 18.0 Å². The van der Waals surface area contributed by atoms with Crippen molar-refractivity contribution in [3.05, 3.63) is 41.5 Å². The minimum Gasteiger partial charge on any atom is -0.399 e. The van der Waals surface area contributed by atoms with Crippen LogP contribution in [0, 0.1) is 0 Å². The summed E-state index contributed by atoms with van der Waals surface area (Å²) < 4.78 is 0. The molecule has 1 unspecified atom stereocenters. The normalized spacial score (nSPS) is 24.7. The Hall–Kier alpha value is -1.28. The maximum atomic E-state index is 5.80. The van der Waals surface area contributed by atoms with Crippen molar-refractivity contribution < 1.29 is 0 Å². The van der Waals surface area contributed by atoms with Gasteiger partial charge in [0.15, 0.2) is 0 Å². The highest BCUT2D eigenvalue weighted by molar-refractivity contribution is 5.47. The lowest BCUT2D eigenvalue weighted by atomic mass is 10.1. The molecule has 15 heavy (non-hydrogen) atoms. The fourth-order valence-corrected chi connectivity index (χ4v) is 2.74. The third kappa shape index (κ3) is 1.45. The van der Waals surface area contributed by atoms with Gasteiger partial charge in [-0.05, 0) is 36.1 Å². The Labute approximate surface area is 90.4 Å². The van der Waals surface area contributed by atoms with Crippen LogP contribution in [0.4, 0.5) is 5.69 Å². The summed E-state index contributed by atoms with van der Waals surface area (Å²) >= 11 is 0. The van der Waals surface area contributed by atoms with Crippen LogP contribution < -0.4 is 5.73 Å². The van der Waals surface area contributed by atoms with Gasteiger partial charge in [-0.3, -0.25) is 4.90 Å². The Kier molecular flexibility index (Phi) is 2.03. The molecule has 0 bridgehead atoms. The Bertz CT molecular complexity index is 401. The van der Waals surface area contributed by atoms with Gasteiger partial charge in [0.2, 0.25) is 0 Å². The minimum atomic E-state index is 0.621. The Morgan fingerprint density at radius 3 is 2.80 bits per heavy atom. The van der Waals surface area contributed by atoms with Crippen LogP contribution in [0.5, 0.6) is 0 Å². The van der Waals surface area contributed by atoms with Gasteiger partial charge in [-0.2, -0.15) is 0 Å². The summed E-state index contributed by atoms with van der Waals surface area (Å²) in [5.41, 5.74) is 9.65. The number of nitrogens with zero attached hydrogens (tertiary/aromatic N) is 1. The monoisotopic (exact) mass is 200 g/mol. The second-order valence-electron chi connectivity index (χ2n) is 4.44. The molecule has 1 atom stereocenters. The van der Waals surface area contributed by atoms with Crippen molar-refractivity contribution in [3.8, 4) is 0 Å². The molecule has 1 aromatic carbocycles. The minimum absolute atomic E-state index is 0.621. The van der Waals surface area contributed by atoms with Crippen molar-refractivity contribution in [1.82, 2.24) is 4.90 Å². The largest absolute Gasteiger partial charge is 0.399 e. The first kappa shape index (κ1) is 8.98. The number of benzene rings is 1. The summed E-state index contributed by atoms with van der Waals surface area (Å²) in [5.74, 6) is 0. The van der Waals surface area contributed by atoms with Gasteiger partial charge in [0.1, 0.15) is 0 Å². The molecule has 2 N–H and O–H groups in total. The van der Waals surface area contributed by atoms with Crippen LogP contribution in [0.15, 0.2) is 30.4 Å². The van der Waals surface area contributed by atoms with Crippen LogP contribution in [-0.2, 0) is 6.42 Å². The van der Waals surface area contributed by atoms with Crippen LogP contribution in [0.1, 0.15) is 23.6 Å². The first-order chi connectivity index (χ1) is 7.34. The molecule has 78 valence electrons. The smallest absolute Gasteiger partial charge is 0.0360 e. The summed E-state index contributed by atoms with van der Waals surface area (Å²) in [6.07, 6.45) is 6.95. The number of hydrogen-bond donors (Lipinski definition) is 1. The zero-order chi connectivity index (χ0) is 10.3.